The molecule has 0 unspecified atom stereocenters. The molecule has 0 bridgehead atoms. The Morgan fingerprint density at radius 1 is 1.26 bits per heavy atom. The number of benzene rings is 1. The number of carbonyl (C=O) groups excluding carboxylic acids is 1. The number of hydrogen-bond donors (Lipinski definition) is 0. The fraction of sp³-hybridized carbons (Fsp3) is 0. The van der Waals surface area contributed by atoms with Crippen LogP contribution in [0.4, 0.5) is 0 Å². The molecule has 0 saturated carbocycles. The smallest absolute Gasteiger partial charge is 0.153 e. The van der Waals surface area contributed by atoms with Crippen molar-refractivity contribution < 1.29 is 4.79 Å². The Kier molecular flexibility index (Phi) is 3.15. The summed E-state index contributed by atoms with van der Waals surface area (Å²) in [7, 11) is 0. The number of halogens is 1. The van der Waals surface area contributed by atoms with E-state index in [1.165, 1.54) is 11.3 Å². The first-order valence-corrected chi connectivity index (χ1v) is 6.74. The number of rotatable bonds is 3. The molecule has 0 fully saturated rings. The molecule has 19 heavy (non-hydrogen) atoms. The van der Waals surface area contributed by atoms with Crippen LogP contribution in [0.5, 0.6) is 0 Å². The Morgan fingerprint density at radius 2 is 2.05 bits per heavy atom. The van der Waals surface area contributed by atoms with E-state index in [0.29, 0.717) is 16.3 Å². The summed E-state index contributed by atoms with van der Waals surface area (Å²) in [5.74, 6) is 0. The van der Waals surface area contributed by atoms with E-state index >= 15 is 0 Å². The molecule has 0 radical (unpaired) electrons. The minimum absolute atomic E-state index is 0.518. The molecule has 3 rings (SSSR count). The Balaban J connectivity index is 2.09. The lowest BCUT2D eigenvalue weighted by molar-refractivity contribution is 0.112. The Morgan fingerprint density at radius 3 is 2.68 bits per heavy atom. The van der Waals surface area contributed by atoms with Gasteiger partial charge in [0.05, 0.1) is 11.3 Å². The zero-order valence-electron chi connectivity index (χ0n) is 9.65. The van der Waals surface area contributed by atoms with Crippen molar-refractivity contribution in [2.45, 2.75) is 0 Å². The highest BCUT2D eigenvalue weighted by molar-refractivity contribution is 7.13. The van der Waals surface area contributed by atoms with E-state index in [0.717, 1.165) is 17.0 Å². The van der Waals surface area contributed by atoms with E-state index < -0.39 is 0 Å². The van der Waals surface area contributed by atoms with Crippen molar-refractivity contribution in [1.82, 2.24) is 14.8 Å². The van der Waals surface area contributed by atoms with Gasteiger partial charge >= 0.3 is 0 Å². The average Bonchev–Trinajstić information content (AvgIpc) is 3.08. The van der Waals surface area contributed by atoms with Crippen LogP contribution in [0.15, 0.2) is 42.0 Å². The molecule has 2 aromatic heterocycles. The van der Waals surface area contributed by atoms with Crippen molar-refractivity contribution in [1.29, 1.82) is 0 Å². The second-order valence-corrected chi connectivity index (χ2v) is 5.14. The van der Waals surface area contributed by atoms with Crippen LogP contribution in [0, 0.1) is 0 Å². The molecule has 0 aliphatic rings. The van der Waals surface area contributed by atoms with E-state index in [4.69, 9.17) is 11.6 Å². The fourth-order valence-electron chi connectivity index (χ4n) is 1.71. The van der Waals surface area contributed by atoms with Gasteiger partial charge in [-0.3, -0.25) is 4.79 Å². The van der Waals surface area contributed by atoms with Crippen molar-refractivity contribution in [2.24, 2.45) is 0 Å². The zero-order chi connectivity index (χ0) is 13.2. The molecule has 0 saturated heterocycles. The third-order valence-corrected chi connectivity index (χ3v) is 3.63. The van der Waals surface area contributed by atoms with Gasteiger partial charge in [0, 0.05) is 22.8 Å². The van der Waals surface area contributed by atoms with Gasteiger partial charge in [-0.2, -0.15) is 5.10 Å². The summed E-state index contributed by atoms with van der Waals surface area (Å²) in [6.07, 6.45) is 4.17. The molecular weight excluding hydrogens is 282 g/mol. The number of thiazole rings is 1. The van der Waals surface area contributed by atoms with Gasteiger partial charge in [-0.15, -0.1) is 11.3 Å². The predicted molar refractivity (Wildman–Crippen MR) is 75.1 cm³/mol. The average molecular weight is 290 g/mol. The van der Waals surface area contributed by atoms with Gasteiger partial charge in [0.15, 0.2) is 6.29 Å². The van der Waals surface area contributed by atoms with Crippen LogP contribution < -0.4 is 0 Å². The van der Waals surface area contributed by atoms with E-state index in [2.05, 4.69) is 10.1 Å². The van der Waals surface area contributed by atoms with Gasteiger partial charge in [-0.05, 0) is 24.3 Å². The largest absolute Gasteiger partial charge is 0.298 e. The molecule has 0 N–H and O–H groups in total. The van der Waals surface area contributed by atoms with Gasteiger partial charge in [-0.25, -0.2) is 9.67 Å². The normalized spacial score (nSPS) is 10.6. The highest BCUT2D eigenvalue weighted by Crippen LogP contribution is 2.24. The quantitative estimate of drug-likeness (QED) is 0.694. The van der Waals surface area contributed by atoms with Gasteiger partial charge < -0.3 is 0 Å². The second kappa shape index (κ2) is 4.95. The maximum absolute atomic E-state index is 11.1. The van der Waals surface area contributed by atoms with Crippen LogP contribution in [-0.2, 0) is 0 Å². The highest BCUT2D eigenvalue weighted by atomic mass is 35.5. The fourth-order valence-corrected chi connectivity index (χ4v) is 2.47. The maximum Gasteiger partial charge on any atom is 0.153 e. The van der Waals surface area contributed by atoms with Crippen LogP contribution in [-0.4, -0.2) is 21.1 Å². The molecule has 3 aromatic rings. The van der Waals surface area contributed by atoms with Gasteiger partial charge in [0.1, 0.15) is 10.7 Å². The molecule has 4 nitrogen and oxygen atoms in total. The maximum atomic E-state index is 11.1. The van der Waals surface area contributed by atoms with Crippen LogP contribution >= 0.6 is 22.9 Å². The summed E-state index contributed by atoms with van der Waals surface area (Å²) in [4.78, 5) is 15.3. The lowest BCUT2D eigenvalue weighted by Gasteiger charge is -2.00. The van der Waals surface area contributed by atoms with E-state index in [-0.39, 0.29) is 0 Å². The molecule has 0 spiro atoms. The Labute approximate surface area is 118 Å². The summed E-state index contributed by atoms with van der Waals surface area (Å²) >= 11 is 7.30. The first-order chi connectivity index (χ1) is 9.28. The zero-order valence-corrected chi connectivity index (χ0v) is 11.2. The summed E-state index contributed by atoms with van der Waals surface area (Å²) in [6, 6.07) is 7.25. The molecule has 1 aromatic carbocycles. The molecule has 94 valence electrons. The topological polar surface area (TPSA) is 47.8 Å². The SMILES string of the molecule is O=Cc1cn(-c2ccc(Cl)cc2)nc1-c1nccs1. The number of aromatic nitrogens is 3. The van der Waals surface area contributed by atoms with Crippen molar-refractivity contribution >= 4 is 29.2 Å². The van der Waals surface area contributed by atoms with Crippen LogP contribution in [0.2, 0.25) is 5.02 Å². The first kappa shape index (κ1) is 12.1. The minimum atomic E-state index is 0.518. The highest BCUT2D eigenvalue weighted by Gasteiger charge is 2.13. The molecule has 0 aliphatic carbocycles. The van der Waals surface area contributed by atoms with Crippen molar-refractivity contribution in [2.75, 3.05) is 0 Å². The number of hydrogen-bond acceptors (Lipinski definition) is 4. The van der Waals surface area contributed by atoms with Crippen molar-refractivity contribution in [3.63, 3.8) is 0 Å². The Hall–Kier alpha value is -1.98. The standard InChI is InChI=1S/C13H8ClN3OS/c14-10-1-3-11(4-2-10)17-7-9(8-18)12(16-17)13-15-5-6-19-13/h1-8H. The summed E-state index contributed by atoms with van der Waals surface area (Å²) in [5, 5.41) is 7.66. The third-order valence-electron chi connectivity index (χ3n) is 2.60. The van der Waals surface area contributed by atoms with Crippen LogP contribution in [0.25, 0.3) is 16.4 Å². The van der Waals surface area contributed by atoms with E-state index in [1.807, 2.05) is 17.5 Å². The lowest BCUT2D eigenvalue weighted by atomic mass is 10.3. The number of nitrogens with zero attached hydrogens (tertiary/aromatic N) is 3. The molecular formula is C13H8ClN3OS. The first-order valence-electron chi connectivity index (χ1n) is 5.48. The Bertz CT molecular complexity index is 704. The van der Waals surface area contributed by atoms with Crippen molar-refractivity contribution in [3.8, 4) is 16.4 Å². The van der Waals surface area contributed by atoms with Crippen molar-refractivity contribution in [3.05, 3.63) is 52.6 Å². The van der Waals surface area contributed by atoms with Crippen LogP contribution in [0.3, 0.4) is 0 Å². The lowest BCUT2D eigenvalue weighted by Crippen LogP contribution is -1.94. The molecule has 0 atom stereocenters. The predicted octanol–water partition coefficient (Wildman–Crippen LogP) is 3.46. The summed E-state index contributed by atoms with van der Waals surface area (Å²) in [5.41, 5.74) is 1.96. The van der Waals surface area contributed by atoms with E-state index in [9.17, 15) is 4.79 Å². The second-order valence-electron chi connectivity index (χ2n) is 3.81. The summed E-state index contributed by atoms with van der Waals surface area (Å²) in [6.45, 7) is 0. The van der Waals surface area contributed by atoms with Gasteiger partial charge in [-0.1, -0.05) is 11.6 Å². The summed E-state index contributed by atoms with van der Waals surface area (Å²) < 4.78 is 1.65. The molecule has 0 amide bonds. The number of carbonyl (C=O) groups is 1. The van der Waals surface area contributed by atoms with E-state index in [1.54, 1.807) is 29.2 Å². The third kappa shape index (κ3) is 2.30. The van der Waals surface area contributed by atoms with Gasteiger partial charge in [0.2, 0.25) is 0 Å². The minimum Gasteiger partial charge on any atom is -0.298 e. The van der Waals surface area contributed by atoms with Gasteiger partial charge in [0.25, 0.3) is 0 Å². The number of aldehydes is 1. The molecule has 2 heterocycles. The molecule has 6 heteroatoms. The molecule has 0 aliphatic heterocycles. The van der Waals surface area contributed by atoms with Crippen LogP contribution in [0.1, 0.15) is 10.4 Å². The monoisotopic (exact) mass is 289 g/mol.